The van der Waals surface area contributed by atoms with E-state index in [4.69, 9.17) is 16.3 Å². The number of nitrogens with zero attached hydrogens (tertiary/aromatic N) is 1. The molecule has 0 atom stereocenters. The first-order chi connectivity index (χ1) is 10.2. The summed E-state index contributed by atoms with van der Waals surface area (Å²) in [5.41, 5.74) is -1.14. The van der Waals surface area contributed by atoms with Gasteiger partial charge in [-0.3, -0.25) is 14.9 Å². The van der Waals surface area contributed by atoms with Crippen molar-refractivity contribution in [3.05, 3.63) is 38.9 Å². The molecule has 0 aromatic heterocycles. The number of ether oxygens (including phenoxy) is 1. The maximum atomic E-state index is 11.9. The number of rotatable bonds is 6. The molecule has 0 aliphatic carbocycles. The molecule has 0 unspecified atom stereocenters. The standard InChI is InChI=1S/C14H17ClN2O5/c1-4-14(2,3)16-12(18)8-22-13(19)10-7-9(15)5-6-11(10)17(20)21/h5-7H,4,8H2,1-3H3,(H,16,18). The molecule has 0 spiro atoms. The molecular weight excluding hydrogens is 312 g/mol. The molecule has 0 heterocycles. The Morgan fingerprint density at radius 3 is 2.59 bits per heavy atom. The van der Waals surface area contributed by atoms with E-state index < -0.39 is 34.6 Å². The first-order valence-electron chi connectivity index (χ1n) is 6.58. The summed E-state index contributed by atoms with van der Waals surface area (Å²) in [6, 6.07) is 3.54. The van der Waals surface area contributed by atoms with Crippen molar-refractivity contribution in [3.8, 4) is 0 Å². The van der Waals surface area contributed by atoms with Crippen molar-refractivity contribution in [2.24, 2.45) is 0 Å². The number of carbonyl (C=O) groups excluding carboxylic acids is 2. The van der Waals surface area contributed by atoms with Crippen molar-refractivity contribution in [2.75, 3.05) is 6.61 Å². The Morgan fingerprint density at radius 1 is 1.41 bits per heavy atom. The Bertz CT molecular complexity index is 601. The molecule has 120 valence electrons. The SMILES string of the molecule is CCC(C)(C)NC(=O)COC(=O)c1cc(Cl)ccc1[N+](=O)[O-]. The summed E-state index contributed by atoms with van der Waals surface area (Å²) in [4.78, 5) is 33.7. The number of benzene rings is 1. The van der Waals surface area contributed by atoms with Gasteiger partial charge in [-0.15, -0.1) is 0 Å². The number of hydrogen-bond acceptors (Lipinski definition) is 5. The fraction of sp³-hybridized carbons (Fsp3) is 0.429. The van der Waals surface area contributed by atoms with Crippen LogP contribution in [0.1, 0.15) is 37.6 Å². The molecular formula is C14H17ClN2O5. The molecule has 1 amide bonds. The van der Waals surface area contributed by atoms with Gasteiger partial charge < -0.3 is 10.1 Å². The molecule has 1 aromatic rings. The largest absolute Gasteiger partial charge is 0.452 e. The highest BCUT2D eigenvalue weighted by molar-refractivity contribution is 6.31. The first-order valence-corrected chi connectivity index (χ1v) is 6.96. The number of hydrogen-bond donors (Lipinski definition) is 1. The monoisotopic (exact) mass is 328 g/mol. The van der Waals surface area contributed by atoms with Gasteiger partial charge in [-0.1, -0.05) is 18.5 Å². The van der Waals surface area contributed by atoms with Crippen LogP contribution in [0.25, 0.3) is 0 Å². The third-order valence-corrected chi connectivity index (χ3v) is 3.31. The number of nitrogens with one attached hydrogen (secondary N) is 1. The number of nitro benzene ring substituents is 1. The number of nitro groups is 1. The van der Waals surface area contributed by atoms with Gasteiger partial charge in [0, 0.05) is 16.6 Å². The third kappa shape index (κ3) is 5.00. The molecule has 0 aliphatic heterocycles. The lowest BCUT2D eigenvalue weighted by Gasteiger charge is -2.24. The van der Waals surface area contributed by atoms with Crippen LogP contribution in [0, 0.1) is 10.1 Å². The van der Waals surface area contributed by atoms with Gasteiger partial charge in [0.2, 0.25) is 0 Å². The smallest absolute Gasteiger partial charge is 0.345 e. The summed E-state index contributed by atoms with van der Waals surface area (Å²) < 4.78 is 4.81. The molecule has 0 saturated heterocycles. The minimum absolute atomic E-state index is 0.161. The maximum Gasteiger partial charge on any atom is 0.345 e. The van der Waals surface area contributed by atoms with Crippen LogP contribution in [0.2, 0.25) is 5.02 Å². The molecule has 1 N–H and O–H groups in total. The van der Waals surface area contributed by atoms with Gasteiger partial charge >= 0.3 is 5.97 Å². The zero-order valence-corrected chi connectivity index (χ0v) is 13.3. The van der Waals surface area contributed by atoms with Crippen LogP contribution < -0.4 is 5.32 Å². The van der Waals surface area contributed by atoms with Gasteiger partial charge in [0.1, 0.15) is 5.56 Å². The fourth-order valence-electron chi connectivity index (χ4n) is 1.54. The summed E-state index contributed by atoms with van der Waals surface area (Å²) in [6.07, 6.45) is 0.701. The molecule has 22 heavy (non-hydrogen) atoms. The minimum Gasteiger partial charge on any atom is -0.452 e. The second kappa shape index (κ2) is 7.22. The molecule has 0 bridgehead atoms. The molecule has 1 aromatic carbocycles. The maximum absolute atomic E-state index is 11.9. The van der Waals surface area contributed by atoms with E-state index in [9.17, 15) is 19.7 Å². The van der Waals surface area contributed by atoms with E-state index in [1.807, 2.05) is 20.8 Å². The third-order valence-electron chi connectivity index (χ3n) is 3.07. The van der Waals surface area contributed by atoms with Gasteiger partial charge in [-0.05, 0) is 32.4 Å². The Morgan fingerprint density at radius 2 is 2.05 bits per heavy atom. The summed E-state index contributed by atoms with van der Waals surface area (Å²) in [6.45, 7) is 5.04. The van der Waals surface area contributed by atoms with Crippen LogP contribution in [0.15, 0.2) is 18.2 Å². The van der Waals surface area contributed by atoms with Crippen LogP contribution in [-0.4, -0.2) is 28.9 Å². The molecule has 0 radical (unpaired) electrons. The Kier molecular flexibility index (Phi) is 5.87. The summed E-state index contributed by atoms with van der Waals surface area (Å²) in [7, 11) is 0. The predicted octanol–water partition coefficient (Wildman–Crippen LogP) is 2.71. The van der Waals surface area contributed by atoms with E-state index >= 15 is 0 Å². The van der Waals surface area contributed by atoms with Gasteiger partial charge in [-0.2, -0.15) is 0 Å². The van der Waals surface area contributed by atoms with Crippen LogP contribution in [0.5, 0.6) is 0 Å². The quantitative estimate of drug-likeness (QED) is 0.492. The van der Waals surface area contributed by atoms with Gasteiger partial charge in [0.05, 0.1) is 4.92 Å². The van der Waals surface area contributed by atoms with E-state index in [0.29, 0.717) is 6.42 Å². The van der Waals surface area contributed by atoms with E-state index in [0.717, 1.165) is 12.1 Å². The summed E-state index contributed by atoms with van der Waals surface area (Å²) in [5.74, 6) is -1.46. The molecule has 0 fully saturated rings. The van der Waals surface area contributed by atoms with Crippen LogP contribution in [-0.2, 0) is 9.53 Å². The van der Waals surface area contributed by atoms with Crippen molar-refractivity contribution in [2.45, 2.75) is 32.7 Å². The van der Waals surface area contributed by atoms with Crippen molar-refractivity contribution in [1.82, 2.24) is 5.32 Å². The van der Waals surface area contributed by atoms with Crippen molar-refractivity contribution in [1.29, 1.82) is 0 Å². The zero-order valence-electron chi connectivity index (χ0n) is 12.5. The minimum atomic E-state index is -0.973. The summed E-state index contributed by atoms with van der Waals surface area (Å²) in [5, 5.41) is 13.7. The highest BCUT2D eigenvalue weighted by Crippen LogP contribution is 2.23. The zero-order chi connectivity index (χ0) is 16.9. The highest BCUT2D eigenvalue weighted by atomic mass is 35.5. The van der Waals surface area contributed by atoms with E-state index in [2.05, 4.69) is 5.32 Å². The average Bonchev–Trinajstić information content (AvgIpc) is 2.43. The van der Waals surface area contributed by atoms with Crippen molar-refractivity contribution in [3.63, 3.8) is 0 Å². The second-order valence-corrected chi connectivity index (χ2v) is 5.72. The second-order valence-electron chi connectivity index (χ2n) is 5.28. The topological polar surface area (TPSA) is 98.5 Å². The first kappa shape index (κ1) is 17.9. The highest BCUT2D eigenvalue weighted by Gasteiger charge is 2.23. The van der Waals surface area contributed by atoms with Crippen molar-refractivity contribution >= 4 is 29.2 Å². The molecule has 7 nitrogen and oxygen atoms in total. The van der Waals surface area contributed by atoms with Crippen LogP contribution >= 0.6 is 11.6 Å². The number of carbonyl (C=O) groups is 2. The lowest BCUT2D eigenvalue weighted by Crippen LogP contribution is -2.44. The lowest BCUT2D eigenvalue weighted by molar-refractivity contribution is -0.385. The fourth-order valence-corrected chi connectivity index (χ4v) is 1.71. The van der Waals surface area contributed by atoms with Gasteiger partial charge in [-0.25, -0.2) is 4.79 Å². The van der Waals surface area contributed by atoms with Gasteiger partial charge in [0.15, 0.2) is 6.61 Å². The van der Waals surface area contributed by atoms with E-state index in [-0.39, 0.29) is 10.6 Å². The van der Waals surface area contributed by atoms with E-state index in [1.54, 1.807) is 0 Å². The lowest BCUT2D eigenvalue weighted by atomic mass is 10.0. The van der Waals surface area contributed by atoms with E-state index in [1.165, 1.54) is 6.07 Å². The normalized spacial score (nSPS) is 10.9. The molecule has 0 aliphatic rings. The van der Waals surface area contributed by atoms with Crippen LogP contribution in [0.4, 0.5) is 5.69 Å². The Labute approximate surface area is 132 Å². The summed E-state index contributed by atoms with van der Waals surface area (Å²) >= 11 is 5.72. The number of amides is 1. The predicted molar refractivity (Wildman–Crippen MR) is 80.9 cm³/mol. The molecule has 0 saturated carbocycles. The van der Waals surface area contributed by atoms with Gasteiger partial charge in [0.25, 0.3) is 11.6 Å². The number of esters is 1. The molecule has 8 heteroatoms. The Balaban J connectivity index is 2.76. The number of halogens is 1. The van der Waals surface area contributed by atoms with Crippen LogP contribution in [0.3, 0.4) is 0 Å². The average molecular weight is 329 g/mol. The molecule has 1 rings (SSSR count). The van der Waals surface area contributed by atoms with Crippen molar-refractivity contribution < 1.29 is 19.2 Å². The Hall–Kier alpha value is -2.15.